The SMILES string of the molecule is OCCOc1cccc(SSc2ccccc2)c1OCCO. The zero-order valence-corrected chi connectivity index (χ0v) is 13.6. The van der Waals surface area contributed by atoms with Crippen molar-refractivity contribution in [3.05, 3.63) is 48.5 Å². The van der Waals surface area contributed by atoms with Gasteiger partial charge in [-0.25, -0.2) is 0 Å². The molecule has 118 valence electrons. The maximum atomic E-state index is 8.98. The van der Waals surface area contributed by atoms with Crippen LogP contribution in [0.25, 0.3) is 0 Å². The van der Waals surface area contributed by atoms with Gasteiger partial charge in [0, 0.05) is 4.90 Å². The van der Waals surface area contributed by atoms with Crippen LogP contribution >= 0.6 is 21.6 Å². The van der Waals surface area contributed by atoms with Gasteiger partial charge >= 0.3 is 0 Å². The molecule has 6 heteroatoms. The van der Waals surface area contributed by atoms with E-state index >= 15 is 0 Å². The van der Waals surface area contributed by atoms with Gasteiger partial charge in [-0.15, -0.1) is 0 Å². The van der Waals surface area contributed by atoms with Gasteiger partial charge in [0.15, 0.2) is 11.5 Å². The summed E-state index contributed by atoms with van der Waals surface area (Å²) < 4.78 is 11.1. The highest BCUT2D eigenvalue weighted by Gasteiger charge is 2.12. The van der Waals surface area contributed by atoms with Crippen molar-refractivity contribution < 1.29 is 19.7 Å². The second-order valence-corrected chi connectivity index (χ2v) is 6.45. The predicted octanol–water partition coefficient (Wildman–Crippen LogP) is 3.23. The van der Waals surface area contributed by atoms with Gasteiger partial charge in [0.1, 0.15) is 13.2 Å². The van der Waals surface area contributed by atoms with Gasteiger partial charge in [-0.2, -0.15) is 0 Å². The van der Waals surface area contributed by atoms with Gasteiger partial charge in [0.2, 0.25) is 0 Å². The highest BCUT2D eigenvalue weighted by molar-refractivity contribution is 8.76. The van der Waals surface area contributed by atoms with Crippen molar-refractivity contribution in [2.45, 2.75) is 9.79 Å². The standard InChI is InChI=1S/C16H18O4S2/c17-9-11-19-14-7-4-8-15(16(14)20-12-10-18)22-21-13-5-2-1-3-6-13/h1-8,17-18H,9-12H2. The minimum absolute atomic E-state index is 0.0599. The predicted molar refractivity (Wildman–Crippen MR) is 89.8 cm³/mol. The van der Waals surface area contributed by atoms with Crippen LogP contribution in [0.1, 0.15) is 0 Å². The second kappa shape index (κ2) is 9.63. The number of aliphatic hydroxyl groups is 2. The summed E-state index contributed by atoms with van der Waals surface area (Å²) in [6.07, 6.45) is 0. The molecule has 2 aromatic rings. The number of para-hydroxylation sites is 1. The Hall–Kier alpha value is -1.34. The van der Waals surface area contributed by atoms with Crippen LogP contribution in [0.15, 0.2) is 58.3 Å². The average Bonchev–Trinajstić information content (AvgIpc) is 2.57. The average molecular weight is 338 g/mol. The maximum Gasteiger partial charge on any atom is 0.175 e. The van der Waals surface area contributed by atoms with Crippen LogP contribution in [-0.4, -0.2) is 36.6 Å². The quantitative estimate of drug-likeness (QED) is 0.685. The molecule has 0 radical (unpaired) electrons. The van der Waals surface area contributed by atoms with Crippen LogP contribution in [0.3, 0.4) is 0 Å². The first-order chi connectivity index (χ1) is 10.8. The van der Waals surface area contributed by atoms with Gasteiger partial charge in [-0.1, -0.05) is 35.1 Å². The van der Waals surface area contributed by atoms with E-state index in [-0.39, 0.29) is 26.4 Å². The zero-order valence-electron chi connectivity index (χ0n) is 12.0. The minimum Gasteiger partial charge on any atom is -0.487 e. The van der Waals surface area contributed by atoms with Crippen LogP contribution in [0.4, 0.5) is 0 Å². The molecular formula is C16H18O4S2. The Bertz CT molecular complexity index is 563. The molecule has 2 aromatic carbocycles. The Balaban J connectivity index is 2.13. The van der Waals surface area contributed by atoms with E-state index in [0.717, 1.165) is 9.79 Å². The van der Waals surface area contributed by atoms with E-state index in [0.29, 0.717) is 11.5 Å². The summed E-state index contributed by atoms with van der Waals surface area (Å²) in [4.78, 5) is 2.06. The van der Waals surface area contributed by atoms with Gasteiger partial charge in [0.05, 0.1) is 18.1 Å². The van der Waals surface area contributed by atoms with Crippen molar-refractivity contribution in [2.75, 3.05) is 26.4 Å². The van der Waals surface area contributed by atoms with E-state index in [4.69, 9.17) is 19.7 Å². The number of ether oxygens (including phenoxy) is 2. The zero-order chi connectivity index (χ0) is 15.6. The molecule has 22 heavy (non-hydrogen) atoms. The third-order valence-electron chi connectivity index (χ3n) is 2.60. The van der Waals surface area contributed by atoms with Crippen molar-refractivity contribution in [1.82, 2.24) is 0 Å². The lowest BCUT2D eigenvalue weighted by Gasteiger charge is -2.15. The summed E-state index contributed by atoms with van der Waals surface area (Å²) >= 11 is 0. The van der Waals surface area contributed by atoms with Crippen LogP contribution < -0.4 is 9.47 Å². The van der Waals surface area contributed by atoms with Gasteiger partial charge < -0.3 is 19.7 Å². The molecule has 0 aliphatic carbocycles. The second-order valence-electron chi connectivity index (χ2n) is 4.21. The Morgan fingerprint density at radius 1 is 0.773 bits per heavy atom. The first kappa shape index (κ1) is 17.0. The Morgan fingerprint density at radius 2 is 1.50 bits per heavy atom. The fraction of sp³-hybridized carbons (Fsp3) is 0.250. The number of rotatable bonds is 9. The number of hydrogen-bond acceptors (Lipinski definition) is 6. The van der Waals surface area contributed by atoms with E-state index in [2.05, 4.69) is 0 Å². The highest BCUT2D eigenvalue weighted by atomic mass is 33.1. The summed E-state index contributed by atoms with van der Waals surface area (Å²) in [7, 11) is 3.19. The van der Waals surface area contributed by atoms with Crippen molar-refractivity contribution in [3.63, 3.8) is 0 Å². The third kappa shape index (κ3) is 5.14. The maximum absolute atomic E-state index is 8.98. The van der Waals surface area contributed by atoms with Gasteiger partial charge in [-0.05, 0) is 35.1 Å². The van der Waals surface area contributed by atoms with E-state index < -0.39 is 0 Å². The molecule has 0 heterocycles. The van der Waals surface area contributed by atoms with Gasteiger partial charge in [0.25, 0.3) is 0 Å². The van der Waals surface area contributed by atoms with E-state index in [1.807, 2.05) is 42.5 Å². The van der Waals surface area contributed by atoms with Crippen molar-refractivity contribution in [3.8, 4) is 11.5 Å². The lowest BCUT2D eigenvalue weighted by atomic mass is 10.3. The monoisotopic (exact) mass is 338 g/mol. The molecule has 0 spiro atoms. The van der Waals surface area contributed by atoms with E-state index in [1.54, 1.807) is 27.7 Å². The summed E-state index contributed by atoms with van der Waals surface area (Å²) in [5.74, 6) is 1.17. The first-order valence-electron chi connectivity index (χ1n) is 6.85. The molecule has 0 bridgehead atoms. The highest BCUT2D eigenvalue weighted by Crippen LogP contribution is 2.45. The Morgan fingerprint density at radius 3 is 2.23 bits per heavy atom. The minimum atomic E-state index is -0.0652. The molecular weight excluding hydrogens is 320 g/mol. The molecule has 0 aromatic heterocycles. The topological polar surface area (TPSA) is 58.9 Å². The molecule has 0 atom stereocenters. The Kier molecular flexibility index (Phi) is 7.45. The van der Waals surface area contributed by atoms with E-state index in [9.17, 15) is 0 Å². The molecule has 2 rings (SSSR count). The number of benzene rings is 2. The summed E-state index contributed by atoms with van der Waals surface area (Å²) in [5.41, 5.74) is 0. The molecule has 0 saturated heterocycles. The third-order valence-corrected chi connectivity index (χ3v) is 5.02. The normalized spacial score (nSPS) is 10.5. The first-order valence-corrected chi connectivity index (χ1v) is 9.00. The van der Waals surface area contributed by atoms with E-state index in [1.165, 1.54) is 0 Å². The van der Waals surface area contributed by atoms with Crippen LogP contribution in [-0.2, 0) is 0 Å². The molecule has 4 nitrogen and oxygen atoms in total. The molecule has 2 N–H and O–H groups in total. The molecule has 0 saturated carbocycles. The summed E-state index contributed by atoms with van der Waals surface area (Å²) in [6.45, 7) is 0.276. The van der Waals surface area contributed by atoms with Crippen LogP contribution in [0.5, 0.6) is 11.5 Å². The largest absolute Gasteiger partial charge is 0.487 e. The summed E-state index contributed by atoms with van der Waals surface area (Å²) in [6, 6.07) is 15.7. The molecule has 0 aliphatic heterocycles. The van der Waals surface area contributed by atoms with Crippen molar-refractivity contribution >= 4 is 21.6 Å². The fourth-order valence-corrected chi connectivity index (χ4v) is 3.80. The van der Waals surface area contributed by atoms with Crippen molar-refractivity contribution in [2.24, 2.45) is 0 Å². The van der Waals surface area contributed by atoms with Crippen LogP contribution in [0.2, 0.25) is 0 Å². The molecule has 0 unspecified atom stereocenters. The molecule has 0 fully saturated rings. The Labute approximate surface area is 137 Å². The lowest BCUT2D eigenvalue weighted by molar-refractivity contribution is 0.176. The van der Waals surface area contributed by atoms with Crippen molar-refractivity contribution in [1.29, 1.82) is 0 Å². The number of hydrogen-bond donors (Lipinski definition) is 2. The summed E-state index contributed by atoms with van der Waals surface area (Å²) in [5, 5.41) is 17.9. The molecule has 0 amide bonds. The fourth-order valence-electron chi connectivity index (χ4n) is 1.69. The van der Waals surface area contributed by atoms with Crippen LogP contribution in [0, 0.1) is 0 Å². The van der Waals surface area contributed by atoms with Gasteiger partial charge in [-0.3, -0.25) is 0 Å². The smallest absolute Gasteiger partial charge is 0.175 e. The molecule has 0 aliphatic rings. The lowest BCUT2D eigenvalue weighted by Crippen LogP contribution is -2.07. The number of aliphatic hydroxyl groups excluding tert-OH is 2.